The third-order valence-electron chi connectivity index (χ3n) is 9.40. The molecular formula is C42H50N4O11. The highest BCUT2D eigenvalue weighted by Crippen LogP contribution is 2.29. The zero-order valence-electron chi connectivity index (χ0n) is 31.5. The van der Waals surface area contributed by atoms with Crippen molar-refractivity contribution >= 4 is 23.8 Å². The minimum absolute atomic E-state index is 0.0411. The van der Waals surface area contributed by atoms with Crippen LogP contribution >= 0.6 is 0 Å². The molecule has 0 saturated heterocycles. The molecule has 57 heavy (non-hydrogen) atoms. The number of carbonyl (C=O) groups is 4. The molecule has 0 aromatic heterocycles. The maximum absolute atomic E-state index is 13.4. The largest absolute Gasteiger partial charge is 0.504 e. The van der Waals surface area contributed by atoms with Gasteiger partial charge in [0.05, 0.1) is 0 Å². The SMILES string of the molecule is O=C(CCC(CCC(=O)NCCc1ccc(O)c(O)c1)(CCC(=O)NCCc1ccc(O)c(O)c1)NC(=O)OCc1ccccc1)NCCc1ccc(O)c(O)c1. The van der Waals surface area contributed by atoms with E-state index in [4.69, 9.17) is 4.74 Å². The van der Waals surface area contributed by atoms with Crippen molar-refractivity contribution in [2.45, 2.75) is 69.9 Å². The Morgan fingerprint density at radius 2 is 0.842 bits per heavy atom. The number of carbonyl (C=O) groups excluding carboxylic acids is 4. The minimum Gasteiger partial charge on any atom is -0.504 e. The summed E-state index contributed by atoms with van der Waals surface area (Å²) in [6, 6.07) is 22.1. The van der Waals surface area contributed by atoms with Crippen LogP contribution in [0.1, 0.15) is 60.8 Å². The fourth-order valence-corrected chi connectivity index (χ4v) is 6.07. The van der Waals surface area contributed by atoms with Crippen LogP contribution in [0.3, 0.4) is 0 Å². The van der Waals surface area contributed by atoms with Crippen LogP contribution in [0.2, 0.25) is 0 Å². The summed E-state index contributed by atoms with van der Waals surface area (Å²) in [7, 11) is 0. The zero-order chi connectivity index (χ0) is 41.2. The Morgan fingerprint density at radius 3 is 1.19 bits per heavy atom. The second kappa shape index (κ2) is 21.5. The Bertz CT molecular complexity index is 1800. The average molecular weight is 787 g/mol. The quantitative estimate of drug-likeness (QED) is 0.0534. The molecular weight excluding hydrogens is 736 g/mol. The number of phenols is 6. The summed E-state index contributed by atoms with van der Waals surface area (Å²) in [6.07, 6.45) is 0.158. The first-order chi connectivity index (χ1) is 27.3. The fraction of sp³-hybridized carbons (Fsp3) is 0.333. The van der Waals surface area contributed by atoms with Crippen molar-refractivity contribution in [3.63, 3.8) is 0 Å². The van der Waals surface area contributed by atoms with Crippen LogP contribution in [-0.4, -0.2) is 79.6 Å². The zero-order valence-corrected chi connectivity index (χ0v) is 31.5. The highest BCUT2D eigenvalue weighted by Gasteiger charge is 2.34. The molecule has 0 aliphatic rings. The van der Waals surface area contributed by atoms with E-state index >= 15 is 0 Å². The number of rotatable bonds is 21. The van der Waals surface area contributed by atoms with Crippen LogP contribution in [0.4, 0.5) is 4.79 Å². The molecule has 0 bridgehead atoms. The van der Waals surface area contributed by atoms with Crippen LogP contribution in [-0.2, 0) is 45.0 Å². The number of hydrogen-bond acceptors (Lipinski definition) is 11. The van der Waals surface area contributed by atoms with Crippen LogP contribution in [0.25, 0.3) is 0 Å². The predicted octanol–water partition coefficient (Wildman–Crippen LogP) is 4.30. The van der Waals surface area contributed by atoms with E-state index in [1.807, 2.05) is 6.07 Å². The Kier molecular flexibility index (Phi) is 16.2. The van der Waals surface area contributed by atoms with Crippen LogP contribution in [0.15, 0.2) is 84.9 Å². The van der Waals surface area contributed by atoms with Gasteiger partial charge in [-0.25, -0.2) is 4.79 Å². The van der Waals surface area contributed by atoms with Gasteiger partial charge in [0, 0.05) is 44.4 Å². The van der Waals surface area contributed by atoms with Crippen molar-refractivity contribution in [3.05, 3.63) is 107 Å². The number of ether oxygens (including phenoxy) is 1. The lowest BCUT2D eigenvalue weighted by molar-refractivity contribution is -0.121. The Balaban J connectivity index is 1.44. The van der Waals surface area contributed by atoms with Gasteiger partial charge in [-0.2, -0.15) is 0 Å². The number of hydrogen-bond donors (Lipinski definition) is 10. The lowest BCUT2D eigenvalue weighted by Gasteiger charge is -2.34. The molecule has 15 nitrogen and oxygen atoms in total. The summed E-state index contributed by atoms with van der Waals surface area (Å²) >= 11 is 0. The minimum atomic E-state index is -1.26. The average Bonchev–Trinajstić information content (AvgIpc) is 3.19. The maximum atomic E-state index is 13.4. The van der Waals surface area contributed by atoms with E-state index in [1.165, 1.54) is 36.4 Å². The van der Waals surface area contributed by atoms with E-state index in [1.54, 1.807) is 42.5 Å². The van der Waals surface area contributed by atoms with Crippen LogP contribution < -0.4 is 21.3 Å². The van der Waals surface area contributed by atoms with Gasteiger partial charge in [-0.3, -0.25) is 14.4 Å². The van der Waals surface area contributed by atoms with Crippen molar-refractivity contribution in [3.8, 4) is 34.5 Å². The number of benzene rings is 4. The molecule has 0 radical (unpaired) electrons. The standard InChI is InChI=1S/C42H50N4O11/c47-32-9-6-28(24-35(32)50)15-21-43-38(53)12-18-42(46-41(56)57-27-31-4-2-1-3-5-31,19-13-39(54)44-22-16-29-7-10-33(48)36(51)25-29)20-14-40(55)45-23-17-30-8-11-34(49)37(52)26-30/h1-11,24-26,47-52H,12-23,27H2,(H,43,53)(H,44,54)(H,45,55)(H,46,56). The lowest BCUT2D eigenvalue weighted by atomic mass is 9.83. The van der Waals surface area contributed by atoms with E-state index in [2.05, 4.69) is 21.3 Å². The van der Waals surface area contributed by atoms with Crippen molar-refractivity contribution in [2.24, 2.45) is 0 Å². The van der Waals surface area contributed by atoms with Gasteiger partial charge in [-0.05, 0) is 97.2 Å². The fourth-order valence-electron chi connectivity index (χ4n) is 6.07. The number of phenolic OH excluding ortho intramolecular Hbond substituents is 6. The first-order valence-electron chi connectivity index (χ1n) is 18.6. The van der Waals surface area contributed by atoms with Gasteiger partial charge in [0.25, 0.3) is 0 Å². The summed E-state index contributed by atoms with van der Waals surface area (Å²) in [5.41, 5.74) is 1.54. The summed E-state index contributed by atoms with van der Waals surface area (Å²) < 4.78 is 5.53. The van der Waals surface area contributed by atoms with Gasteiger partial charge in [0.15, 0.2) is 34.5 Å². The topological polar surface area (TPSA) is 247 Å². The molecule has 4 aromatic carbocycles. The molecule has 0 heterocycles. The summed E-state index contributed by atoms with van der Waals surface area (Å²) in [6.45, 7) is 0.595. The van der Waals surface area contributed by atoms with Gasteiger partial charge in [0.2, 0.25) is 17.7 Å². The lowest BCUT2D eigenvalue weighted by Crippen LogP contribution is -2.50. The first-order valence-corrected chi connectivity index (χ1v) is 18.6. The second-order valence-corrected chi connectivity index (χ2v) is 13.7. The number of aromatic hydroxyl groups is 6. The first kappa shape index (κ1) is 43.1. The van der Waals surface area contributed by atoms with Gasteiger partial charge >= 0.3 is 6.09 Å². The monoisotopic (exact) mass is 786 g/mol. The van der Waals surface area contributed by atoms with Crippen molar-refractivity contribution in [1.82, 2.24) is 21.3 Å². The van der Waals surface area contributed by atoms with Gasteiger partial charge in [0.1, 0.15) is 6.61 Å². The number of alkyl carbamates (subject to hydrolysis) is 1. The maximum Gasteiger partial charge on any atom is 0.407 e. The molecule has 4 amide bonds. The third-order valence-corrected chi connectivity index (χ3v) is 9.40. The molecule has 4 rings (SSSR count). The smallest absolute Gasteiger partial charge is 0.407 e. The van der Waals surface area contributed by atoms with E-state index in [0.29, 0.717) is 36.0 Å². The molecule has 0 aliphatic heterocycles. The normalized spacial score (nSPS) is 11.0. The highest BCUT2D eigenvalue weighted by molar-refractivity contribution is 5.78. The Morgan fingerprint density at radius 1 is 0.474 bits per heavy atom. The molecule has 0 aliphatic carbocycles. The molecule has 304 valence electrons. The van der Waals surface area contributed by atoms with Gasteiger partial charge in [-0.15, -0.1) is 0 Å². The third kappa shape index (κ3) is 14.8. The summed E-state index contributed by atoms with van der Waals surface area (Å²) in [4.78, 5) is 52.8. The molecule has 0 atom stereocenters. The van der Waals surface area contributed by atoms with Crippen molar-refractivity contribution in [1.29, 1.82) is 0 Å². The molecule has 4 aromatic rings. The van der Waals surface area contributed by atoms with E-state index < -0.39 is 11.6 Å². The highest BCUT2D eigenvalue weighted by atomic mass is 16.5. The van der Waals surface area contributed by atoms with Crippen LogP contribution in [0, 0.1) is 0 Å². The molecule has 10 N–H and O–H groups in total. The molecule has 0 fully saturated rings. The number of amides is 4. The molecule has 0 spiro atoms. The summed E-state index contributed by atoms with van der Waals surface area (Å²) in [5.74, 6) is -2.67. The van der Waals surface area contributed by atoms with Gasteiger partial charge in [-0.1, -0.05) is 48.5 Å². The predicted molar refractivity (Wildman–Crippen MR) is 210 cm³/mol. The Labute approximate surface area is 330 Å². The molecule has 0 saturated carbocycles. The molecule has 0 unspecified atom stereocenters. The van der Waals surface area contributed by atoms with Gasteiger partial charge < -0.3 is 56.6 Å². The molecule has 15 heteroatoms. The van der Waals surface area contributed by atoms with Crippen molar-refractivity contribution < 1.29 is 54.6 Å². The summed E-state index contributed by atoms with van der Waals surface area (Å²) in [5, 5.41) is 69.5. The van der Waals surface area contributed by atoms with Crippen LogP contribution in [0.5, 0.6) is 34.5 Å². The van der Waals surface area contributed by atoms with Crippen molar-refractivity contribution in [2.75, 3.05) is 19.6 Å². The van der Waals surface area contributed by atoms with E-state index in [0.717, 1.165) is 5.56 Å². The van der Waals surface area contributed by atoms with E-state index in [-0.39, 0.29) is 117 Å². The second-order valence-electron chi connectivity index (χ2n) is 13.7. The van der Waals surface area contributed by atoms with E-state index in [9.17, 15) is 49.8 Å². The number of nitrogens with one attached hydrogen (secondary N) is 4. The Hall–Kier alpha value is -6.64.